The lowest BCUT2D eigenvalue weighted by atomic mass is 10.2. The zero-order valence-corrected chi connectivity index (χ0v) is 18.4. The van der Waals surface area contributed by atoms with Gasteiger partial charge in [0, 0.05) is 15.7 Å². The summed E-state index contributed by atoms with van der Waals surface area (Å²) in [7, 11) is -3.61. The number of nitrogens with one attached hydrogen (secondary N) is 1. The van der Waals surface area contributed by atoms with E-state index in [1.54, 1.807) is 42.1 Å². The van der Waals surface area contributed by atoms with Crippen LogP contribution in [-0.4, -0.2) is 8.42 Å². The number of hydrogen-bond donors (Lipinski definition) is 1. The molecule has 146 valence electrons. The molecule has 0 aliphatic carbocycles. The average Bonchev–Trinajstić information content (AvgIpc) is 2.65. The highest BCUT2D eigenvalue weighted by molar-refractivity contribution is 7.98. The Labute approximate surface area is 184 Å². The highest BCUT2D eigenvalue weighted by Gasteiger charge is 2.15. The molecule has 0 unspecified atom stereocenters. The van der Waals surface area contributed by atoms with Gasteiger partial charge in [-0.15, -0.1) is 11.8 Å². The molecule has 1 N–H and O–H groups in total. The van der Waals surface area contributed by atoms with Gasteiger partial charge in [0.1, 0.15) is 0 Å². The fourth-order valence-electron chi connectivity index (χ4n) is 2.47. The van der Waals surface area contributed by atoms with Crippen molar-refractivity contribution in [1.29, 1.82) is 0 Å². The Bertz CT molecular complexity index is 1070. The maximum absolute atomic E-state index is 12.6. The highest BCUT2D eigenvalue weighted by atomic mass is 35.5. The lowest BCUT2D eigenvalue weighted by Gasteiger charge is -2.13. The molecule has 3 aromatic carbocycles. The van der Waals surface area contributed by atoms with Crippen LogP contribution in [0.1, 0.15) is 11.1 Å². The van der Waals surface area contributed by atoms with E-state index < -0.39 is 10.0 Å². The van der Waals surface area contributed by atoms with E-state index in [1.165, 1.54) is 0 Å². The van der Waals surface area contributed by atoms with Gasteiger partial charge >= 0.3 is 0 Å². The van der Waals surface area contributed by atoms with Gasteiger partial charge in [-0.05, 0) is 47.5 Å². The minimum Gasteiger partial charge on any atom is -0.282 e. The number of sulfonamides is 1. The van der Waals surface area contributed by atoms with Crippen LogP contribution in [0.4, 0.5) is 5.69 Å². The third kappa shape index (κ3) is 6.06. The van der Waals surface area contributed by atoms with Crippen LogP contribution in [0.2, 0.25) is 15.1 Å². The summed E-state index contributed by atoms with van der Waals surface area (Å²) in [5.41, 5.74) is 2.21. The molecule has 3 aromatic rings. The summed E-state index contributed by atoms with van der Waals surface area (Å²) in [6, 6.07) is 19.7. The van der Waals surface area contributed by atoms with Gasteiger partial charge in [-0.1, -0.05) is 65.1 Å². The smallest absolute Gasteiger partial charge is 0.236 e. The molecule has 0 radical (unpaired) electrons. The molecule has 0 fully saturated rings. The van der Waals surface area contributed by atoms with E-state index in [2.05, 4.69) is 4.72 Å². The normalized spacial score (nSPS) is 11.4. The lowest BCUT2D eigenvalue weighted by Crippen LogP contribution is -2.15. The summed E-state index contributed by atoms with van der Waals surface area (Å²) in [6.07, 6.45) is 0. The number of rotatable bonds is 7. The zero-order valence-electron chi connectivity index (χ0n) is 14.5. The summed E-state index contributed by atoms with van der Waals surface area (Å²) >= 11 is 19.3. The number of thioether (sulfide) groups is 1. The maximum Gasteiger partial charge on any atom is 0.236 e. The van der Waals surface area contributed by atoms with Crippen molar-refractivity contribution in [1.82, 2.24) is 0 Å². The first-order chi connectivity index (χ1) is 13.3. The van der Waals surface area contributed by atoms with Gasteiger partial charge in [0.25, 0.3) is 0 Å². The summed E-state index contributed by atoms with van der Waals surface area (Å²) in [5, 5.41) is 1.40. The van der Waals surface area contributed by atoms with Crippen LogP contribution in [0, 0.1) is 0 Å². The summed E-state index contributed by atoms with van der Waals surface area (Å²) < 4.78 is 27.9. The summed E-state index contributed by atoms with van der Waals surface area (Å²) in [4.78, 5) is 0.843. The zero-order chi connectivity index (χ0) is 20.1. The van der Waals surface area contributed by atoms with Crippen molar-refractivity contribution in [2.24, 2.45) is 0 Å². The van der Waals surface area contributed by atoms with Gasteiger partial charge < -0.3 is 0 Å². The predicted molar refractivity (Wildman–Crippen MR) is 120 cm³/mol. The molecule has 0 bridgehead atoms. The van der Waals surface area contributed by atoms with Crippen molar-refractivity contribution in [2.45, 2.75) is 16.4 Å². The largest absolute Gasteiger partial charge is 0.282 e. The second-order valence-corrected chi connectivity index (χ2v) is 10.0. The lowest BCUT2D eigenvalue weighted by molar-refractivity contribution is 0.600. The molecule has 0 saturated heterocycles. The molecule has 0 aliphatic rings. The Balaban J connectivity index is 1.72. The Hall–Kier alpha value is -1.37. The van der Waals surface area contributed by atoms with Gasteiger partial charge in [-0.25, -0.2) is 8.42 Å². The Morgan fingerprint density at radius 2 is 1.50 bits per heavy atom. The minimum atomic E-state index is -3.61. The quantitative estimate of drug-likeness (QED) is 0.381. The molecule has 0 amide bonds. The van der Waals surface area contributed by atoms with Gasteiger partial charge in [0.15, 0.2) is 0 Å². The van der Waals surface area contributed by atoms with E-state index in [9.17, 15) is 8.42 Å². The first-order valence-electron chi connectivity index (χ1n) is 8.23. The fraction of sp³-hybridized carbons (Fsp3) is 0.100. The highest BCUT2D eigenvalue weighted by Crippen LogP contribution is 2.31. The third-order valence-corrected chi connectivity index (χ3v) is 7.18. The number of hydrogen-bond acceptors (Lipinski definition) is 3. The number of para-hydroxylation sites is 1. The molecular weight excluding hydrogens is 457 g/mol. The van der Waals surface area contributed by atoms with Gasteiger partial charge in [0.05, 0.1) is 21.5 Å². The average molecular weight is 473 g/mol. The number of halogens is 3. The second-order valence-electron chi connectivity index (χ2n) is 6.02. The van der Waals surface area contributed by atoms with Crippen LogP contribution in [-0.2, 0) is 21.5 Å². The van der Waals surface area contributed by atoms with Gasteiger partial charge in [0.2, 0.25) is 10.0 Å². The minimum absolute atomic E-state index is 0.194. The number of benzene rings is 3. The topological polar surface area (TPSA) is 46.2 Å². The Morgan fingerprint density at radius 3 is 2.21 bits per heavy atom. The van der Waals surface area contributed by atoms with Crippen molar-refractivity contribution in [2.75, 3.05) is 4.72 Å². The van der Waals surface area contributed by atoms with Crippen LogP contribution in [0.25, 0.3) is 0 Å². The van der Waals surface area contributed by atoms with Crippen molar-refractivity contribution in [3.63, 3.8) is 0 Å². The summed E-state index contributed by atoms with van der Waals surface area (Å²) in [6.45, 7) is 0. The molecule has 0 aromatic heterocycles. The second kappa shape index (κ2) is 9.42. The molecular formula is C20H16Cl3NO2S2. The van der Waals surface area contributed by atoms with Crippen LogP contribution < -0.4 is 4.72 Å². The van der Waals surface area contributed by atoms with E-state index in [0.717, 1.165) is 10.5 Å². The maximum atomic E-state index is 12.6. The van der Waals surface area contributed by atoms with Crippen LogP contribution in [0.3, 0.4) is 0 Å². The predicted octanol–water partition coefficient (Wildman–Crippen LogP) is 6.88. The third-order valence-electron chi connectivity index (χ3n) is 3.80. The SMILES string of the molecule is O=S(=O)(Cc1ccc(Cl)c(Cl)c1)Nc1ccccc1SCc1ccc(Cl)cc1. The van der Waals surface area contributed by atoms with E-state index in [1.807, 2.05) is 36.4 Å². The number of anilines is 1. The molecule has 0 atom stereocenters. The molecule has 28 heavy (non-hydrogen) atoms. The van der Waals surface area contributed by atoms with Gasteiger partial charge in [-0.2, -0.15) is 0 Å². The first-order valence-corrected chi connectivity index (χ1v) is 12.0. The Kier molecular flexibility index (Phi) is 7.18. The van der Waals surface area contributed by atoms with Crippen LogP contribution in [0.5, 0.6) is 0 Å². The van der Waals surface area contributed by atoms with E-state index >= 15 is 0 Å². The molecule has 3 rings (SSSR count). The molecule has 0 heterocycles. The fourth-order valence-corrected chi connectivity index (χ4v) is 5.15. The van der Waals surface area contributed by atoms with E-state index in [-0.39, 0.29) is 5.75 Å². The Morgan fingerprint density at radius 1 is 0.821 bits per heavy atom. The van der Waals surface area contributed by atoms with Crippen LogP contribution >= 0.6 is 46.6 Å². The molecule has 0 spiro atoms. The first kappa shape index (κ1) is 21.3. The monoisotopic (exact) mass is 471 g/mol. The molecule has 0 saturated carbocycles. The van der Waals surface area contributed by atoms with E-state index in [4.69, 9.17) is 34.8 Å². The molecule has 0 aliphatic heterocycles. The summed E-state index contributed by atoms with van der Waals surface area (Å²) in [5.74, 6) is 0.503. The van der Waals surface area contributed by atoms with Crippen molar-refractivity contribution >= 4 is 62.3 Å². The van der Waals surface area contributed by atoms with Crippen LogP contribution in [0.15, 0.2) is 71.6 Å². The van der Waals surface area contributed by atoms with E-state index in [0.29, 0.717) is 32.1 Å². The molecule has 8 heteroatoms. The van der Waals surface area contributed by atoms with Gasteiger partial charge in [-0.3, -0.25) is 4.72 Å². The standard InChI is InChI=1S/C20H16Cl3NO2S2/c21-16-8-5-14(6-9-16)12-27-20-4-2-1-3-19(20)24-28(25,26)13-15-7-10-17(22)18(23)11-15/h1-11,24H,12-13H2. The van der Waals surface area contributed by atoms with Crippen molar-refractivity contribution in [3.05, 3.63) is 92.9 Å². The van der Waals surface area contributed by atoms with Crippen molar-refractivity contribution < 1.29 is 8.42 Å². The molecule has 3 nitrogen and oxygen atoms in total. The van der Waals surface area contributed by atoms with Crippen molar-refractivity contribution in [3.8, 4) is 0 Å².